The Morgan fingerprint density at radius 3 is 2.78 bits per heavy atom. The monoisotopic (exact) mass is 382 g/mol. The number of nitrogens with zero attached hydrogens (tertiary/aromatic N) is 1. The third kappa shape index (κ3) is 2.23. The highest BCUT2D eigenvalue weighted by Crippen LogP contribution is 2.50. The summed E-state index contributed by atoms with van der Waals surface area (Å²) in [6.07, 6.45) is 0. The molecule has 0 aliphatic carbocycles. The fourth-order valence-electron chi connectivity index (χ4n) is 2.90. The molecule has 1 atom stereocenters. The number of rotatable bonds is 1. The SMILES string of the molecule is N#CC1=C(N)Oc2c(sc3ccccc23)[C@H]1c1cccc(Br)c1. The minimum absolute atomic E-state index is 0.188. The van der Waals surface area contributed by atoms with E-state index in [0.717, 1.165) is 30.7 Å². The van der Waals surface area contributed by atoms with E-state index in [9.17, 15) is 5.26 Å². The van der Waals surface area contributed by atoms with Crippen molar-refractivity contribution in [2.75, 3.05) is 0 Å². The first kappa shape index (κ1) is 14.3. The van der Waals surface area contributed by atoms with Crippen LogP contribution in [0.15, 0.2) is 64.5 Å². The van der Waals surface area contributed by atoms with Crippen molar-refractivity contribution in [3.8, 4) is 11.8 Å². The number of thiophene rings is 1. The summed E-state index contributed by atoms with van der Waals surface area (Å²) in [5.41, 5.74) is 7.53. The molecule has 0 fully saturated rings. The van der Waals surface area contributed by atoms with Crippen molar-refractivity contribution in [1.82, 2.24) is 0 Å². The standard InChI is InChI=1S/C18H11BrN2OS/c19-11-5-3-4-10(8-11)15-13(9-20)18(21)22-16-12-6-1-2-7-14(12)23-17(15)16/h1-8,15H,21H2/t15-/m0/s1. The molecule has 0 radical (unpaired) electrons. The lowest BCUT2D eigenvalue weighted by Gasteiger charge is -2.24. The largest absolute Gasteiger partial charge is 0.439 e. The second kappa shape index (κ2) is 5.41. The molecular formula is C18H11BrN2OS. The number of ether oxygens (including phenoxy) is 1. The Morgan fingerprint density at radius 2 is 2.00 bits per heavy atom. The molecule has 3 aromatic rings. The molecule has 5 heteroatoms. The summed E-state index contributed by atoms with van der Waals surface area (Å²) < 4.78 is 7.91. The second-order valence-electron chi connectivity index (χ2n) is 5.27. The van der Waals surface area contributed by atoms with Crippen molar-refractivity contribution < 1.29 is 4.74 Å². The maximum atomic E-state index is 9.59. The fraction of sp³-hybridized carbons (Fsp3) is 0.0556. The lowest BCUT2D eigenvalue weighted by Crippen LogP contribution is -2.19. The zero-order valence-corrected chi connectivity index (χ0v) is 14.3. The van der Waals surface area contributed by atoms with Gasteiger partial charge in [0.15, 0.2) is 5.75 Å². The molecule has 0 unspecified atom stereocenters. The molecule has 1 aliphatic heterocycles. The normalized spacial score (nSPS) is 16.8. The first-order valence-electron chi connectivity index (χ1n) is 7.03. The summed E-state index contributed by atoms with van der Waals surface area (Å²) in [6, 6.07) is 18.3. The highest BCUT2D eigenvalue weighted by atomic mass is 79.9. The van der Waals surface area contributed by atoms with Gasteiger partial charge in [-0.15, -0.1) is 11.3 Å². The molecule has 2 aromatic carbocycles. The number of allylic oxidation sites excluding steroid dienone is 1. The summed E-state index contributed by atoms with van der Waals surface area (Å²) >= 11 is 5.15. The predicted octanol–water partition coefficient (Wildman–Crippen LogP) is 4.88. The first-order chi connectivity index (χ1) is 11.2. The third-order valence-corrected chi connectivity index (χ3v) is 5.62. The Balaban J connectivity index is 2.02. The summed E-state index contributed by atoms with van der Waals surface area (Å²) in [6.45, 7) is 0. The number of hydrogen-bond acceptors (Lipinski definition) is 4. The van der Waals surface area contributed by atoms with Crippen LogP contribution in [0.3, 0.4) is 0 Å². The topological polar surface area (TPSA) is 59.0 Å². The van der Waals surface area contributed by atoms with Gasteiger partial charge in [0.1, 0.15) is 11.6 Å². The molecule has 2 heterocycles. The first-order valence-corrected chi connectivity index (χ1v) is 8.64. The molecule has 1 aromatic heterocycles. The Kier molecular flexibility index (Phi) is 3.37. The van der Waals surface area contributed by atoms with E-state index in [4.69, 9.17) is 10.5 Å². The Labute approximate surface area is 145 Å². The van der Waals surface area contributed by atoms with E-state index in [-0.39, 0.29) is 11.8 Å². The van der Waals surface area contributed by atoms with Crippen LogP contribution in [-0.4, -0.2) is 0 Å². The van der Waals surface area contributed by atoms with E-state index >= 15 is 0 Å². The zero-order valence-electron chi connectivity index (χ0n) is 11.9. The van der Waals surface area contributed by atoms with Gasteiger partial charge in [-0.05, 0) is 29.8 Å². The quantitative estimate of drug-likeness (QED) is 0.652. The fourth-order valence-corrected chi connectivity index (χ4v) is 4.59. The summed E-state index contributed by atoms with van der Waals surface area (Å²) in [5, 5.41) is 10.6. The molecule has 0 spiro atoms. The summed E-state index contributed by atoms with van der Waals surface area (Å²) in [4.78, 5) is 1.02. The maximum Gasteiger partial charge on any atom is 0.205 e. The zero-order chi connectivity index (χ0) is 16.0. The number of hydrogen-bond donors (Lipinski definition) is 1. The minimum Gasteiger partial charge on any atom is -0.439 e. The smallest absolute Gasteiger partial charge is 0.205 e. The van der Waals surface area contributed by atoms with Gasteiger partial charge >= 0.3 is 0 Å². The Hall–Kier alpha value is -2.29. The van der Waals surface area contributed by atoms with Gasteiger partial charge in [-0.3, -0.25) is 0 Å². The van der Waals surface area contributed by atoms with Crippen molar-refractivity contribution in [3.63, 3.8) is 0 Å². The number of benzene rings is 2. The summed E-state index contributed by atoms with van der Waals surface area (Å²) in [7, 11) is 0. The van der Waals surface area contributed by atoms with E-state index in [1.165, 1.54) is 0 Å². The summed E-state index contributed by atoms with van der Waals surface area (Å²) in [5.74, 6) is 0.763. The molecule has 23 heavy (non-hydrogen) atoms. The van der Waals surface area contributed by atoms with Crippen LogP contribution >= 0.6 is 27.3 Å². The molecule has 0 bridgehead atoms. The molecule has 2 N–H and O–H groups in total. The lowest BCUT2D eigenvalue weighted by molar-refractivity contribution is 0.401. The van der Waals surface area contributed by atoms with Crippen LogP contribution in [0.2, 0.25) is 0 Å². The molecule has 0 saturated heterocycles. The van der Waals surface area contributed by atoms with Crippen molar-refractivity contribution in [2.45, 2.75) is 5.92 Å². The lowest BCUT2D eigenvalue weighted by atomic mass is 9.88. The van der Waals surface area contributed by atoms with Crippen LogP contribution in [0.1, 0.15) is 16.4 Å². The van der Waals surface area contributed by atoms with E-state index < -0.39 is 0 Å². The van der Waals surface area contributed by atoms with Crippen molar-refractivity contribution in [3.05, 3.63) is 74.9 Å². The van der Waals surface area contributed by atoms with Crippen LogP contribution in [0.4, 0.5) is 0 Å². The van der Waals surface area contributed by atoms with Crippen LogP contribution in [0.5, 0.6) is 5.75 Å². The van der Waals surface area contributed by atoms with Gasteiger partial charge in [0, 0.05) is 14.6 Å². The predicted molar refractivity (Wildman–Crippen MR) is 95.3 cm³/mol. The Morgan fingerprint density at radius 1 is 1.17 bits per heavy atom. The molecule has 0 amide bonds. The molecule has 112 valence electrons. The average molecular weight is 383 g/mol. The molecule has 3 nitrogen and oxygen atoms in total. The Bertz CT molecular complexity index is 1000. The highest BCUT2D eigenvalue weighted by molar-refractivity contribution is 9.10. The van der Waals surface area contributed by atoms with Crippen molar-refractivity contribution in [1.29, 1.82) is 5.26 Å². The number of fused-ring (bicyclic) bond motifs is 3. The molecule has 0 saturated carbocycles. The molecule has 1 aliphatic rings. The van der Waals surface area contributed by atoms with E-state index in [2.05, 4.69) is 28.1 Å². The van der Waals surface area contributed by atoms with E-state index in [1.807, 2.05) is 42.5 Å². The van der Waals surface area contributed by atoms with Gasteiger partial charge < -0.3 is 10.5 Å². The van der Waals surface area contributed by atoms with Gasteiger partial charge in [-0.2, -0.15) is 5.26 Å². The van der Waals surface area contributed by atoms with Crippen molar-refractivity contribution >= 4 is 37.4 Å². The van der Waals surface area contributed by atoms with Gasteiger partial charge in [0.2, 0.25) is 5.88 Å². The molecule has 4 rings (SSSR count). The van der Waals surface area contributed by atoms with Gasteiger partial charge in [-0.1, -0.05) is 40.2 Å². The molecular weight excluding hydrogens is 372 g/mol. The average Bonchev–Trinajstić information content (AvgIpc) is 2.91. The number of nitriles is 1. The van der Waals surface area contributed by atoms with Crippen LogP contribution in [-0.2, 0) is 0 Å². The highest BCUT2D eigenvalue weighted by Gasteiger charge is 2.33. The van der Waals surface area contributed by atoms with Crippen molar-refractivity contribution in [2.24, 2.45) is 5.73 Å². The third-order valence-electron chi connectivity index (χ3n) is 3.91. The van der Waals surface area contributed by atoms with Gasteiger partial charge in [0.25, 0.3) is 0 Å². The maximum absolute atomic E-state index is 9.59. The van der Waals surface area contributed by atoms with Crippen LogP contribution in [0.25, 0.3) is 10.1 Å². The minimum atomic E-state index is -0.196. The van der Waals surface area contributed by atoms with Gasteiger partial charge in [0.05, 0.1) is 10.8 Å². The van der Waals surface area contributed by atoms with E-state index in [1.54, 1.807) is 11.3 Å². The van der Waals surface area contributed by atoms with E-state index in [0.29, 0.717) is 5.57 Å². The van der Waals surface area contributed by atoms with Gasteiger partial charge in [-0.25, -0.2) is 0 Å². The van der Waals surface area contributed by atoms with Crippen LogP contribution in [0, 0.1) is 11.3 Å². The second-order valence-corrected chi connectivity index (χ2v) is 7.27. The number of halogens is 1. The van der Waals surface area contributed by atoms with Crippen LogP contribution < -0.4 is 10.5 Å². The number of nitrogens with two attached hydrogens (primary N) is 1.